The molecule has 1 amide bonds. The number of carbonyl (C=O) groups is 1. The second kappa shape index (κ2) is 8.71. The highest BCUT2D eigenvalue weighted by Crippen LogP contribution is 2.05. The van der Waals surface area contributed by atoms with Gasteiger partial charge >= 0.3 is 16.3 Å². The minimum Gasteiger partial charge on any atom is -0.448 e. The summed E-state index contributed by atoms with van der Waals surface area (Å²) < 4.78 is 27.2. The highest BCUT2D eigenvalue weighted by Gasteiger charge is 2.08. The number of rotatable bonds is 7. The van der Waals surface area contributed by atoms with Crippen LogP contribution in [0.15, 0.2) is 23.3 Å². The number of hydrogen-bond donors (Lipinski definition) is 2. The van der Waals surface area contributed by atoms with Gasteiger partial charge in [-0.15, -0.1) is 0 Å². The monoisotopic (exact) mass is 290 g/mol. The summed E-state index contributed by atoms with van der Waals surface area (Å²) in [7, 11) is -4.05. The molecule has 110 valence electrons. The summed E-state index contributed by atoms with van der Waals surface area (Å²) in [4.78, 5) is 11.0. The number of unbranched alkanes of at least 4 members (excludes halogenated alkanes) is 1. The third kappa shape index (κ3) is 12.9. The van der Waals surface area contributed by atoms with Gasteiger partial charge in [0.25, 0.3) is 0 Å². The Labute approximate surface area is 114 Å². The van der Waals surface area contributed by atoms with Crippen molar-refractivity contribution in [2.45, 2.75) is 40.0 Å². The van der Waals surface area contributed by atoms with Gasteiger partial charge in [-0.3, -0.25) is 0 Å². The number of nitrogens with two attached hydrogens (primary N) is 1. The van der Waals surface area contributed by atoms with E-state index in [1.54, 1.807) is 0 Å². The number of nitrogens with one attached hydrogen (secondary N) is 1. The predicted molar refractivity (Wildman–Crippen MR) is 74.6 cm³/mol. The molecule has 0 spiro atoms. The second-order valence-corrected chi connectivity index (χ2v) is 5.74. The van der Waals surface area contributed by atoms with Gasteiger partial charge in [0.15, 0.2) is 0 Å². The molecule has 0 aromatic rings. The highest BCUT2D eigenvalue weighted by atomic mass is 32.2. The maximum Gasteiger partial charge on any atom is 0.421 e. The highest BCUT2D eigenvalue weighted by molar-refractivity contribution is 7.87. The molecule has 0 rings (SSSR count). The first-order valence-corrected chi connectivity index (χ1v) is 7.51. The molecule has 0 aliphatic carbocycles. The molecule has 0 aliphatic rings. The van der Waals surface area contributed by atoms with E-state index in [9.17, 15) is 13.2 Å². The van der Waals surface area contributed by atoms with E-state index in [-0.39, 0.29) is 6.61 Å². The lowest BCUT2D eigenvalue weighted by Crippen LogP contribution is -2.36. The standard InChI is InChI=1S/C12H22N2O4S/c1-10(2)6-4-5-7-11(3)8-9-18-12(15)14-19(13,16)17/h6-7H,4-5,8-9H2,1-3H3,(H,14,15)(H2,13,16,17)/b11-7+. The Morgan fingerprint density at radius 1 is 1.21 bits per heavy atom. The van der Waals surface area contributed by atoms with Gasteiger partial charge in [-0.2, -0.15) is 8.42 Å². The van der Waals surface area contributed by atoms with Crippen molar-refractivity contribution in [3.63, 3.8) is 0 Å². The first-order chi connectivity index (χ1) is 8.70. The Morgan fingerprint density at radius 2 is 1.79 bits per heavy atom. The minimum absolute atomic E-state index is 0.117. The maximum absolute atomic E-state index is 11.0. The van der Waals surface area contributed by atoms with Crippen molar-refractivity contribution in [2.24, 2.45) is 5.14 Å². The van der Waals surface area contributed by atoms with Gasteiger partial charge in [0, 0.05) is 6.42 Å². The molecule has 6 nitrogen and oxygen atoms in total. The van der Waals surface area contributed by atoms with Crippen molar-refractivity contribution >= 4 is 16.3 Å². The molecular weight excluding hydrogens is 268 g/mol. The second-order valence-electron chi connectivity index (χ2n) is 4.44. The fourth-order valence-corrected chi connectivity index (χ4v) is 1.55. The van der Waals surface area contributed by atoms with Crippen LogP contribution in [-0.2, 0) is 14.9 Å². The SMILES string of the molecule is CC(C)=CCC/C=C(\C)CCOC(=O)NS(N)(=O)=O. The van der Waals surface area contributed by atoms with Crippen LogP contribution >= 0.6 is 0 Å². The van der Waals surface area contributed by atoms with E-state index in [4.69, 9.17) is 0 Å². The van der Waals surface area contributed by atoms with Crippen LogP contribution < -0.4 is 9.86 Å². The zero-order chi connectivity index (χ0) is 14.9. The molecule has 0 heterocycles. The van der Waals surface area contributed by atoms with Crippen molar-refractivity contribution in [1.82, 2.24) is 4.72 Å². The Morgan fingerprint density at radius 3 is 2.32 bits per heavy atom. The van der Waals surface area contributed by atoms with Crippen LogP contribution in [-0.4, -0.2) is 21.1 Å². The number of amides is 1. The molecule has 0 aliphatic heterocycles. The van der Waals surface area contributed by atoms with E-state index in [0.717, 1.165) is 18.4 Å². The number of hydrogen-bond acceptors (Lipinski definition) is 4. The first-order valence-electron chi connectivity index (χ1n) is 5.97. The summed E-state index contributed by atoms with van der Waals surface area (Å²) in [5, 5.41) is 4.62. The molecule has 0 saturated carbocycles. The number of allylic oxidation sites excluding steroid dienone is 3. The average molecular weight is 290 g/mol. The molecule has 0 radical (unpaired) electrons. The molecule has 0 fully saturated rings. The lowest BCUT2D eigenvalue weighted by atomic mass is 10.1. The zero-order valence-electron chi connectivity index (χ0n) is 11.6. The van der Waals surface area contributed by atoms with Gasteiger partial charge in [-0.05, 0) is 33.6 Å². The Kier molecular flexibility index (Phi) is 8.09. The third-order valence-electron chi connectivity index (χ3n) is 2.17. The predicted octanol–water partition coefficient (Wildman–Crippen LogP) is 2.00. The molecule has 0 saturated heterocycles. The molecular formula is C12H22N2O4S. The minimum atomic E-state index is -4.05. The van der Waals surface area contributed by atoms with Crippen molar-refractivity contribution < 1.29 is 17.9 Å². The van der Waals surface area contributed by atoms with E-state index in [0.29, 0.717) is 6.42 Å². The third-order valence-corrected chi connectivity index (χ3v) is 2.62. The summed E-state index contributed by atoms with van der Waals surface area (Å²) >= 11 is 0. The van der Waals surface area contributed by atoms with Crippen LogP contribution in [0.5, 0.6) is 0 Å². The largest absolute Gasteiger partial charge is 0.448 e. The van der Waals surface area contributed by atoms with Gasteiger partial charge in [0.2, 0.25) is 0 Å². The van der Waals surface area contributed by atoms with Crippen LogP contribution in [0.2, 0.25) is 0 Å². The maximum atomic E-state index is 11.0. The lowest BCUT2D eigenvalue weighted by Gasteiger charge is -2.05. The molecule has 3 N–H and O–H groups in total. The van der Waals surface area contributed by atoms with Gasteiger partial charge in [0.1, 0.15) is 0 Å². The van der Waals surface area contributed by atoms with E-state index < -0.39 is 16.3 Å². The molecule has 0 unspecified atom stereocenters. The van der Waals surface area contributed by atoms with Crippen molar-refractivity contribution in [1.29, 1.82) is 0 Å². The Bertz CT molecular complexity index is 448. The summed E-state index contributed by atoms with van der Waals surface area (Å²) in [5.74, 6) is 0. The topological polar surface area (TPSA) is 98.5 Å². The van der Waals surface area contributed by atoms with E-state index >= 15 is 0 Å². The van der Waals surface area contributed by atoms with E-state index in [2.05, 4.69) is 35.9 Å². The molecule has 0 bridgehead atoms. The molecule has 19 heavy (non-hydrogen) atoms. The number of ether oxygens (including phenoxy) is 1. The molecule has 0 atom stereocenters. The average Bonchev–Trinajstić information content (AvgIpc) is 2.21. The molecule has 0 aromatic heterocycles. The summed E-state index contributed by atoms with van der Waals surface area (Å²) in [6, 6.07) is 0. The normalized spacial score (nSPS) is 11.9. The van der Waals surface area contributed by atoms with Crippen molar-refractivity contribution in [2.75, 3.05) is 6.61 Å². The summed E-state index contributed by atoms with van der Waals surface area (Å²) in [6.45, 7) is 6.15. The molecule has 7 heteroatoms. The fourth-order valence-electron chi connectivity index (χ4n) is 1.25. The first kappa shape index (κ1) is 17.7. The van der Waals surface area contributed by atoms with E-state index in [1.165, 1.54) is 10.3 Å². The van der Waals surface area contributed by atoms with Crippen LogP contribution in [0, 0.1) is 0 Å². The Hall–Kier alpha value is -1.34. The smallest absolute Gasteiger partial charge is 0.421 e. The lowest BCUT2D eigenvalue weighted by molar-refractivity contribution is 0.154. The summed E-state index contributed by atoms with van der Waals surface area (Å²) in [6.07, 6.45) is 5.64. The van der Waals surface area contributed by atoms with Crippen LogP contribution in [0.4, 0.5) is 4.79 Å². The van der Waals surface area contributed by atoms with Gasteiger partial charge < -0.3 is 4.74 Å². The van der Waals surface area contributed by atoms with Gasteiger partial charge in [0.05, 0.1) is 6.61 Å². The Balaban J connectivity index is 3.85. The van der Waals surface area contributed by atoms with Crippen molar-refractivity contribution in [3.05, 3.63) is 23.3 Å². The number of carbonyl (C=O) groups excluding carboxylic acids is 1. The van der Waals surface area contributed by atoms with Crippen LogP contribution in [0.25, 0.3) is 0 Å². The van der Waals surface area contributed by atoms with Gasteiger partial charge in [-0.25, -0.2) is 14.7 Å². The van der Waals surface area contributed by atoms with Crippen LogP contribution in [0.3, 0.4) is 0 Å². The van der Waals surface area contributed by atoms with Crippen LogP contribution in [0.1, 0.15) is 40.0 Å². The van der Waals surface area contributed by atoms with Gasteiger partial charge in [-0.1, -0.05) is 23.3 Å². The van der Waals surface area contributed by atoms with Crippen molar-refractivity contribution in [3.8, 4) is 0 Å². The molecule has 0 aromatic carbocycles. The fraction of sp³-hybridized carbons (Fsp3) is 0.583. The quantitative estimate of drug-likeness (QED) is 0.553. The zero-order valence-corrected chi connectivity index (χ0v) is 12.4. The van der Waals surface area contributed by atoms with E-state index in [1.807, 2.05) is 6.92 Å². The summed E-state index contributed by atoms with van der Waals surface area (Å²) in [5.41, 5.74) is 2.37.